The lowest BCUT2D eigenvalue weighted by molar-refractivity contribution is 0.102. The molecular formula is C28H31N3O5. The minimum absolute atomic E-state index is 0.157. The summed E-state index contributed by atoms with van der Waals surface area (Å²) in [5.41, 5.74) is 3.18. The van der Waals surface area contributed by atoms with Crippen LogP contribution in [0.5, 0.6) is 17.2 Å². The molecule has 36 heavy (non-hydrogen) atoms. The number of methoxy groups -OCH3 is 2. The Labute approximate surface area is 210 Å². The Balaban J connectivity index is 1.17. The summed E-state index contributed by atoms with van der Waals surface area (Å²) in [6.07, 6.45) is 0.136. The minimum Gasteiger partial charge on any atom is -0.493 e. The van der Waals surface area contributed by atoms with E-state index in [9.17, 15) is 9.90 Å². The van der Waals surface area contributed by atoms with E-state index >= 15 is 0 Å². The largest absolute Gasteiger partial charge is 0.493 e. The molecule has 1 aromatic heterocycles. The third kappa shape index (κ3) is 6.56. The van der Waals surface area contributed by atoms with Crippen molar-refractivity contribution in [3.8, 4) is 17.2 Å². The molecule has 4 rings (SSSR count). The average Bonchev–Trinajstić information content (AvgIpc) is 3.35. The number of para-hydroxylation sites is 1. The van der Waals surface area contributed by atoms with Gasteiger partial charge in [0, 0.05) is 23.1 Å². The first-order chi connectivity index (χ1) is 17.6. The van der Waals surface area contributed by atoms with Crippen molar-refractivity contribution in [1.29, 1.82) is 0 Å². The number of anilines is 1. The van der Waals surface area contributed by atoms with E-state index in [1.807, 2.05) is 48.5 Å². The Kier molecular flexibility index (Phi) is 8.44. The van der Waals surface area contributed by atoms with Crippen LogP contribution in [-0.4, -0.2) is 56.0 Å². The van der Waals surface area contributed by atoms with Crippen LogP contribution >= 0.6 is 0 Å². The molecule has 0 radical (unpaired) electrons. The number of hydrogen-bond donors (Lipinski definition) is 4. The van der Waals surface area contributed by atoms with Crippen molar-refractivity contribution in [2.75, 3.05) is 39.2 Å². The second kappa shape index (κ2) is 12.1. The Morgan fingerprint density at radius 2 is 1.75 bits per heavy atom. The molecule has 0 spiro atoms. The van der Waals surface area contributed by atoms with E-state index in [1.54, 1.807) is 38.5 Å². The smallest absolute Gasteiger partial charge is 0.272 e. The highest BCUT2D eigenvalue weighted by Crippen LogP contribution is 2.27. The maximum absolute atomic E-state index is 12.5. The summed E-state index contributed by atoms with van der Waals surface area (Å²) in [5, 5.41) is 17.3. The van der Waals surface area contributed by atoms with E-state index in [0.29, 0.717) is 41.7 Å². The van der Waals surface area contributed by atoms with Gasteiger partial charge in [0.15, 0.2) is 11.5 Å². The zero-order valence-electron chi connectivity index (χ0n) is 20.4. The molecule has 0 saturated heterocycles. The lowest BCUT2D eigenvalue weighted by Crippen LogP contribution is -2.32. The van der Waals surface area contributed by atoms with Crippen molar-refractivity contribution in [1.82, 2.24) is 10.3 Å². The third-order valence-electron chi connectivity index (χ3n) is 5.75. The molecule has 0 aliphatic rings. The molecule has 3 aromatic carbocycles. The Bertz CT molecular complexity index is 1250. The van der Waals surface area contributed by atoms with E-state index in [0.717, 1.165) is 22.9 Å². The van der Waals surface area contributed by atoms with Crippen molar-refractivity contribution >= 4 is 22.5 Å². The van der Waals surface area contributed by atoms with Gasteiger partial charge < -0.3 is 34.9 Å². The number of H-pyrrole nitrogens is 1. The van der Waals surface area contributed by atoms with Gasteiger partial charge in [-0.3, -0.25) is 4.79 Å². The third-order valence-corrected chi connectivity index (χ3v) is 5.75. The van der Waals surface area contributed by atoms with E-state index in [4.69, 9.17) is 14.2 Å². The van der Waals surface area contributed by atoms with E-state index in [-0.39, 0.29) is 12.5 Å². The van der Waals surface area contributed by atoms with Gasteiger partial charge in [0.1, 0.15) is 24.2 Å². The molecule has 8 nitrogen and oxygen atoms in total. The first-order valence-electron chi connectivity index (χ1n) is 11.8. The predicted octanol–water partition coefficient (Wildman–Crippen LogP) is 4.01. The van der Waals surface area contributed by atoms with Crippen molar-refractivity contribution in [2.45, 2.75) is 12.5 Å². The van der Waals surface area contributed by atoms with Crippen LogP contribution in [0.2, 0.25) is 0 Å². The van der Waals surface area contributed by atoms with Crippen LogP contribution in [0.25, 0.3) is 10.9 Å². The first kappa shape index (κ1) is 25.1. The maximum atomic E-state index is 12.5. The van der Waals surface area contributed by atoms with Gasteiger partial charge in [-0.15, -0.1) is 0 Å². The van der Waals surface area contributed by atoms with Crippen LogP contribution in [-0.2, 0) is 6.42 Å². The number of benzene rings is 3. The molecule has 1 atom stereocenters. The average molecular weight is 490 g/mol. The highest BCUT2D eigenvalue weighted by molar-refractivity contribution is 6.05. The Hall–Kier alpha value is -4.01. The summed E-state index contributed by atoms with van der Waals surface area (Å²) >= 11 is 0. The van der Waals surface area contributed by atoms with Crippen LogP contribution in [0.3, 0.4) is 0 Å². The van der Waals surface area contributed by atoms with Crippen molar-refractivity contribution in [3.05, 3.63) is 84.1 Å². The number of aromatic amines is 1. The summed E-state index contributed by atoms with van der Waals surface area (Å²) < 4.78 is 16.3. The Morgan fingerprint density at radius 3 is 2.50 bits per heavy atom. The van der Waals surface area contributed by atoms with Crippen LogP contribution in [0.4, 0.5) is 5.69 Å². The van der Waals surface area contributed by atoms with Gasteiger partial charge in [0.2, 0.25) is 0 Å². The zero-order valence-corrected chi connectivity index (χ0v) is 20.4. The van der Waals surface area contributed by atoms with Gasteiger partial charge in [-0.2, -0.15) is 0 Å². The van der Waals surface area contributed by atoms with Gasteiger partial charge in [-0.1, -0.05) is 24.3 Å². The van der Waals surface area contributed by atoms with Crippen LogP contribution in [0.15, 0.2) is 72.8 Å². The van der Waals surface area contributed by atoms with Gasteiger partial charge in [0.05, 0.1) is 14.2 Å². The monoisotopic (exact) mass is 489 g/mol. The molecule has 8 heteroatoms. The zero-order chi connectivity index (χ0) is 25.3. The normalized spacial score (nSPS) is 11.8. The SMILES string of the molecule is COc1ccc(CCNCC(O)COc2ccc(NC(=O)c3cc4ccccc4[nH]3)cc2)cc1OC. The predicted molar refractivity (Wildman–Crippen MR) is 140 cm³/mol. The number of amides is 1. The molecule has 1 amide bonds. The number of fused-ring (bicyclic) bond motifs is 1. The summed E-state index contributed by atoms with van der Waals surface area (Å²) in [6, 6.07) is 22.5. The number of rotatable bonds is 12. The van der Waals surface area contributed by atoms with Gasteiger partial charge in [0.25, 0.3) is 5.91 Å². The maximum Gasteiger partial charge on any atom is 0.272 e. The van der Waals surface area contributed by atoms with Crippen molar-refractivity contribution < 1.29 is 24.1 Å². The van der Waals surface area contributed by atoms with Gasteiger partial charge >= 0.3 is 0 Å². The molecule has 0 aliphatic carbocycles. The van der Waals surface area contributed by atoms with Gasteiger partial charge in [-0.05, 0) is 67.1 Å². The van der Waals surface area contributed by atoms with Crippen molar-refractivity contribution in [3.63, 3.8) is 0 Å². The number of hydrogen-bond acceptors (Lipinski definition) is 6. The summed E-state index contributed by atoms with van der Waals surface area (Å²) in [4.78, 5) is 15.7. The lowest BCUT2D eigenvalue weighted by Gasteiger charge is -2.14. The molecular weight excluding hydrogens is 458 g/mol. The molecule has 4 aromatic rings. The Morgan fingerprint density at radius 1 is 0.972 bits per heavy atom. The fourth-order valence-electron chi connectivity index (χ4n) is 3.82. The van der Waals surface area contributed by atoms with Gasteiger partial charge in [-0.25, -0.2) is 0 Å². The second-order valence-corrected chi connectivity index (χ2v) is 8.36. The molecule has 0 fully saturated rings. The second-order valence-electron chi connectivity index (χ2n) is 8.36. The van der Waals surface area contributed by atoms with Crippen molar-refractivity contribution in [2.24, 2.45) is 0 Å². The van der Waals surface area contributed by atoms with Crippen LogP contribution in [0.1, 0.15) is 16.1 Å². The fraction of sp³-hybridized carbons (Fsp3) is 0.250. The summed E-state index contributed by atoms with van der Waals surface area (Å²) in [7, 11) is 3.23. The molecule has 0 bridgehead atoms. The van der Waals surface area contributed by atoms with Crippen LogP contribution < -0.4 is 24.8 Å². The fourth-order valence-corrected chi connectivity index (χ4v) is 3.82. The quantitative estimate of drug-likeness (QED) is 0.224. The number of nitrogens with one attached hydrogen (secondary N) is 3. The van der Waals surface area contributed by atoms with Crippen LogP contribution in [0, 0.1) is 0 Å². The molecule has 1 heterocycles. The van der Waals surface area contributed by atoms with E-state index < -0.39 is 6.10 Å². The summed E-state index contributed by atoms with van der Waals surface area (Å²) in [5.74, 6) is 1.80. The number of carbonyl (C=O) groups is 1. The molecule has 0 aliphatic heterocycles. The van der Waals surface area contributed by atoms with E-state index in [2.05, 4.69) is 15.6 Å². The molecule has 1 unspecified atom stereocenters. The summed E-state index contributed by atoms with van der Waals surface area (Å²) in [6.45, 7) is 1.27. The highest BCUT2D eigenvalue weighted by Gasteiger charge is 2.10. The standard InChI is InChI=1S/C28H31N3O5/c1-34-26-12-7-19(15-27(26)35-2)13-14-29-17-22(32)18-36-23-10-8-21(9-11-23)30-28(33)25-16-20-5-3-4-6-24(20)31-25/h3-12,15-16,22,29,31-32H,13-14,17-18H2,1-2H3,(H,30,33). The minimum atomic E-state index is -0.656. The molecule has 188 valence electrons. The molecule has 0 saturated carbocycles. The lowest BCUT2D eigenvalue weighted by atomic mass is 10.1. The number of ether oxygens (including phenoxy) is 3. The number of aliphatic hydroxyl groups excluding tert-OH is 1. The topological polar surface area (TPSA) is 105 Å². The molecule has 4 N–H and O–H groups in total. The number of carbonyl (C=O) groups excluding carboxylic acids is 1. The number of aromatic nitrogens is 1. The van der Waals surface area contributed by atoms with E-state index in [1.165, 1.54) is 0 Å². The number of aliphatic hydroxyl groups is 1. The first-order valence-corrected chi connectivity index (χ1v) is 11.8. The highest BCUT2D eigenvalue weighted by atomic mass is 16.5.